The molecule has 1 amide bonds. The number of amides is 1. The summed E-state index contributed by atoms with van der Waals surface area (Å²) in [5, 5.41) is 11.8. The minimum absolute atomic E-state index is 0.276. The van der Waals surface area contributed by atoms with Gasteiger partial charge in [0.05, 0.1) is 25.1 Å². The van der Waals surface area contributed by atoms with Gasteiger partial charge < -0.3 is 26.1 Å². The molecule has 33 heavy (non-hydrogen) atoms. The number of rotatable bonds is 5. The lowest BCUT2D eigenvalue weighted by atomic mass is 10.0. The predicted molar refractivity (Wildman–Crippen MR) is 135 cm³/mol. The Hall–Kier alpha value is -3.75. The van der Waals surface area contributed by atoms with Gasteiger partial charge in [0.15, 0.2) is 0 Å². The molecule has 0 saturated carbocycles. The van der Waals surface area contributed by atoms with E-state index in [4.69, 9.17) is 15.9 Å². The largest absolute Gasteiger partial charge is 0.398 e. The van der Waals surface area contributed by atoms with Crippen LogP contribution in [0.15, 0.2) is 60.8 Å². The Balaban J connectivity index is 1.42. The molecule has 1 aliphatic rings. The molecule has 4 aromatic rings. The van der Waals surface area contributed by atoms with E-state index in [0.29, 0.717) is 35.7 Å². The van der Waals surface area contributed by atoms with Crippen LogP contribution in [-0.4, -0.2) is 43.4 Å². The van der Waals surface area contributed by atoms with Crippen LogP contribution in [0.5, 0.6) is 0 Å². The van der Waals surface area contributed by atoms with E-state index >= 15 is 0 Å². The van der Waals surface area contributed by atoms with Gasteiger partial charge in [0, 0.05) is 51.3 Å². The molecule has 1 fully saturated rings. The van der Waals surface area contributed by atoms with Crippen molar-refractivity contribution in [3.8, 4) is 10.4 Å². The normalized spacial score (nSPS) is 13.8. The Morgan fingerprint density at radius 1 is 1.15 bits per heavy atom. The van der Waals surface area contributed by atoms with Crippen LogP contribution in [0, 0.1) is 5.41 Å². The lowest BCUT2D eigenvalue weighted by molar-refractivity contribution is 0.102. The SMILES string of the molecule is N=Cc1cc(C(=O)Nc2ccc(N3CCOCC3)nc2)cc(-c2cc3ccccc3s2)c1N. The summed E-state index contributed by atoms with van der Waals surface area (Å²) < 4.78 is 6.53. The smallest absolute Gasteiger partial charge is 0.255 e. The van der Waals surface area contributed by atoms with Crippen molar-refractivity contribution < 1.29 is 9.53 Å². The highest BCUT2D eigenvalue weighted by Gasteiger charge is 2.17. The number of anilines is 3. The summed E-state index contributed by atoms with van der Waals surface area (Å²) in [7, 11) is 0. The van der Waals surface area contributed by atoms with Crippen molar-refractivity contribution in [3.05, 3.63) is 71.9 Å². The monoisotopic (exact) mass is 457 g/mol. The highest BCUT2D eigenvalue weighted by Crippen LogP contribution is 2.38. The molecule has 2 aromatic heterocycles. The Labute approximate surface area is 195 Å². The van der Waals surface area contributed by atoms with Crippen molar-refractivity contribution in [2.45, 2.75) is 0 Å². The maximum Gasteiger partial charge on any atom is 0.255 e. The molecule has 166 valence electrons. The minimum atomic E-state index is -0.276. The number of nitrogen functional groups attached to an aromatic ring is 1. The number of nitrogens with one attached hydrogen (secondary N) is 2. The second kappa shape index (κ2) is 9.01. The number of morpholine rings is 1. The van der Waals surface area contributed by atoms with E-state index in [0.717, 1.165) is 39.4 Å². The van der Waals surface area contributed by atoms with Gasteiger partial charge in [0.25, 0.3) is 5.91 Å². The van der Waals surface area contributed by atoms with E-state index in [9.17, 15) is 4.79 Å². The number of nitrogens with two attached hydrogens (primary N) is 1. The molecule has 0 bridgehead atoms. The average Bonchev–Trinajstić information content (AvgIpc) is 3.29. The lowest BCUT2D eigenvalue weighted by Gasteiger charge is -2.27. The van der Waals surface area contributed by atoms with Crippen LogP contribution in [0.3, 0.4) is 0 Å². The van der Waals surface area contributed by atoms with E-state index in [1.54, 1.807) is 29.7 Å². The number of carbonyl (C=O) groups excluding carboxylic acids is 1. The van der Waals surface area contributed by atoms with E-state index in [1.807, 2.05) is 30.3 Å². The summed E-state index contributed by atoms with van der Waals surface area (Å²) >= 11 is 1.61. The number of benzene rings is 2. The number of hydrogen-bond donors (Lipinski definition) is 3. The third-order valence-electron chi connectivity index (χ3n) is 5.66. The van der Waals surface area contributed by atoms with Gasteiger partial charge in [-0.1, -0.05) is 18.2 Å². The van der Waals surface area contributed by atoms with Crippen molar-refractivity contribution >= 4 is 50.7 Å². The highest BCUT2D eigenvalue weighted by molar-refractivity contribution is 7.22. The van der Waals surface area contributed by atoms with Gasteiger partial charge in [-0.05, 0) is 41.8 Å². The fourth-order valence-corrected chi connectivity index (χ4v) is 4.98. The Morgan fingerprint density at radius 3 is 2.70 bits per heavy atom. The van der Waals surface area contributed by atoms with Crippen molar-refractivity contribution in [1.29, 1.82) is 5.41 Å². The van der Waals surface area contributed by atoms with Crippen molar-refractivity contribution in [2.24, 2.45) is 0 Å². The molecule has 0 spiro atoms. The summed E-state index contributed by atoms with van der Waals surface area (Å²) in [6, 6.07) is 17.3. The Bertz CT molecular complexity index is 1290. The number of aromatic nitrogens is 1. The zero-order valence-corrected chi connectivity index (χ0v) is 18.7. The fourth-order valence-electron chi connectivity index (χ4n) is 3.89. The lowest BCUT2D eigenvalue weighted by Crippen LogP contribution is -2.36. The molecule has 0 unspecified atom stereocenters. The maximum absolute atomic E-state index is 13.1. The number of hydrogen-bond acceptors (Lipinski definition) is 7. The summed E-state index contributed by atoms with van der Waals surface area (Å²) in [6.07, 6.45) is 2.84. The quantitative estimate of drug-likeness (QED) is 0.299. The molecule has 5 rings (SSSR count). The molecule has 2 aromatic carbocycles. The van der Waals surface area contributed by atoms with Crippen LogP contribution in [0.2, 0.25) is 0 Å². The van der Waals surface area contributed by atoms with Gasteiger partial charge in [0.2, 0.25) is 0 Å². The fraction of sp³-hybridized carbons (Fsp3) is 0.160. The second-order valence-electron chi connectivity index (χ2n) is 7.78. The van der Waals surface area contributed by atoms with Crippen LogP contribution >= 0.6 is 11.3 Å². The van der Waals surface area contributed by atoms with E-state index in [1.165, 1.54) is 6.21 Å². The average molecular weight is 458 g/mol. The van der Waals surface area contributed by atoms with Gasteiger partial charge in [-0.25, -0.2) is 4.98 Å². The number of ether oxygens (including phenoxy) is 1. The Kier molecular flexibility index (Phi) is 5.77. The predicted octanol–water partition coefficient (Wildman–Crippen LogP) is 4.63. The third kappa shape index (κ3) is 4.30. The molecule has 8 heteroatoms. The first-order valence-electron chi connectivity index (χ1n) is 10.7. The molecule has 0 radical (unpaired) electrons. The number of thiophene rings is 1. The molecule has 0 aliphatic carbocycles. The minimum Gasteiger partial charge on any atom is -0.398 e. The van der Waals surface area contributed by atoms with Gasteiger partial charge in [-0.15, -0.1) is 11.3 Å². The maximum atomic E-state index is 13.1. The van der Waals surface area contributed by atoms with Gasteiger partial charge in [-0.3, -0.25) is 4.79 Å². The van der Waals surface area contributed by atoms with Gasteiger partial charge in [0.1, 0.15) is 5.82 Å². The van der Waals surface area contributed by atoms with Crippen molar-refractivity contribution in [2.75, 3.05) is 42.3 Å². The first-order chi connectivity index (χ1) is 16.1. The zero-order chi connectivity index (χ0) is 22.8. The second-order valence-corrected chi connectivity index (χ2v) is 8.86. The Morgan fingerprint density at radius 2 is 1.97 bits per heavy atom. The standard InChI is InChI=1S/C25H23N5O2S/c26-14-18-11-17(12-20(24(18)27)22-13-16-3-1-2-4-21(16)33-22)25(31)29-19-5-6-23(28-15-19)30-7-9-32-10-8-30/h1-6,11-15,26H,7-10,27H2,(H,29,31). The van der Waals surface area contributed by atoms with Gasteiger partial charge >= 0.3 is 0 Å². The molecule has 1 aliphatic heterocycles. The third-order valence-corrected chi connectivity index (χ3v) is 6.81. The number of carbonyl (C=O) groups is 1. The van der Waals surface area contributed by atoms with Crippen LogP contribution in [0.4, 0.5) is 17.2 Å². The zero-order valence-electron chi connectivity index (χ0n) is 17.9. The first-order valence-corrected chi connectivity index (χ1v) is 11.5. The van der Waals surface area contributed by atoms with Crippen molar-refractivity contribution in [3.63, 3.8) is 0 Å². The summed E-state index contributed by atoms with van der Waals surface area (Å²) in [6.45, 7) is 2.98. The van der Waals surface area contributed by atoms with Crippen LogP contribution in [0.1, 0.15) is 15.9 Å². The molecular weight excluding hydrogens is 434 g/mol. The number of pyridine rings is 1. The van der Waals surface area contributed by atoms with E-state index in [-0.39, 0.29) is 5.91 Å². The van der Waals surface area contributed by atoms with Crippen LogP contribution < -0.4 is 16.0 Å². The number of fused-ring (bicyclic) bond motifs is 1. The number of nitrogens with zero attached hydrogens (tertiary/aromatic N) is 2. The molecule has 3 heterocycles. The first kappa shape index (κ1) is 21.1. The van der Waals surface area contributed by atoms with Crippen molar-refractivity contribution in [1.82, 2.24) is 4.98 Å². The summed E-state index contributed by atoms with van der Waals surface area (Å²) in [4.78, 5) is 20.7. The molecular formula is C25H23N5O2S. The summed E-state index contributed by atoms with van der Waals surface area (Å²) in [5.74, 6) is 0.586. The van der Waals surface area contributed by atoms with E-state index < -0.39 is 0 Å². The van der Waals surface area contributed by atoms with Crippen LogP contribution in [-0.2, 0) is 4.74 Å². The molecule has 7 nitrogen and oxygen atoms in total. The highest BCUT2D eigenvalue weighted by atomic mass is 32.1. The van der Waals surface area contributed by atoms with Gasteiger partial charge in [-0.2, -0.15) is 0 Å². The topological polar surface area (TPSA) is 104 Å². The van der Waals surface area contributed by atoms with E-state index in [2.05, 4.69) is 27.3 Å². The molecule has 4 N–H and O–H groups in total. The molecule has 1 saturated heterocycles. The van der Waals surface area contributed by atoms with Crippen LogP contribution in [0.25, 0.3) is 20.5 Å². The molecule has 0 atom stereocenters. The summed E-state index contributed by atoms with van der Waals surface area (Å²) in [5.41, 5.74) is 9.15.